The van der Waals surface area contributed by atoms with Crippen molar-refractivity contribution in [3.8, 4) is 0 Å². The first-order chi connectivity index (χ1) is 12.1. The summed E-state index contributed by atoms with van der Waals surface area (Å²) in [6.07, 6.45) is 14.5. The van der Waals surface area contributed by atoms with Gasteiger partial charge in [0.15, 0.2) is 0 Å². The number of halogens is 1. The van der Waals surface area contributed by atoms with Crippen molar-refractivity contribution in [2.75, 3.05) is 5.32 Å². The van der Waals surface area contributed by atoms with Crippen molar-refractivity contribution in [1.29, 1.82) is 0 Å². The number of aromatic nitrogens is 1. The van der Waals surface area contributed by atoms with Gasteiger partial charge in [-0.15, -0.1) is 0 Å². The second-order valence-electron chi connectivity index (χ2n) is 7.76. The van der Waals surface area contributed by atoms with Gasteiger partial charge in [-0.05, 0) is 45.8 Å². The minimum Gasteiger partial charge on any atom is -0.323 e. The molecule has 3 N–H and O–H groups in total. The molecule has 4 nitrogen and oxygen atoms in total. The van der Waals surface area contributed by atoms with Gasteiger partial charge in [-0.3, -0.25) is 4.79 Å². The van der Waals surface area contributed by atoms with E-state index in [4.69, 9.17) is 5.73 Å². The predicted molar refractivity (Wildman–Crippen MR) is 105 cm³/mol. The second-order valence-corrected chi connectivity index (χ2v) is 8.57. The van der Waals surface area contributed by atoms with Gasteiger partial charge >= 0.3 is 0 Å². The maximum atomic E-state index is 12.8. The lowest BCUT2D eigenvalue weighted by atomic mass is 9.66. The summed E-state index contributed by atoms with van der Waals surface area (Å²) in [5.41, 5.74) is 7.28. The van der Waals surface area contributed by atoms with E-state index in [0.717, 1.165) is 10.3 Å². The van der Waals surface area contributed by atoms with E-state index in [-0.39, 0.29) is 5.91 Å². The molecule has 1 heterocycles. The maximum absolute atomic E-state index is 12.8. The lowest BCUT2D eigenvalue weighted by Gasteiger charge is -2.40. The first-order valence-corrected chi connectivity index (χ1v) is 10.6. The molecule has 1 amide bonds. The van der Waals surface area contributed by atoms with Crippen LogP contribution in [0.4, 0.5) is 5.69 Å². The third-order valence-electron chi connectivity index (χ3n) is 6.10. The van der Waals surface area contributed by atoms with Crippen LogP contribution >= 0.6 is 15.9 Å². The number of hydrogen-bond acceptors (Lipinski definition) is 3. The number of carbonyl (C=O) groups excluding carboxylic acids is 1. The molecule has 0 bridgehead atoms. The zero-order chi connectivity index (χ0) is 17.6. The lowest BCUT2D eigenvalue weighted by Crippen LogP contribution is -2.48. The summed E-state index contributed by atoms with van der Waals surface area (Å²) in [4.78, 5) is 17.0. The van der Waals surface area contributed by atoms with Gasteiger partial charge in [-0.25, -0.2) is 4.98 Å². The molecule has 2 aliphatic rings. The fourth-order valence-corrected chi connectivity index (χ4v) is 5.09. The quantitative estimate of drug-likeness (QED) is 0.682. The summed E-state index contributed by atoms with van der Waals surface area (Å²) in [5.74, 6) is 1.50. The Labute approximate surface area is 159 Å². The van der Waals surface area contributed by atoms with E-state index in [1.807, 2.05) is 12.1 Å². The molecule has 2 saturated carbocycles. The zero-order valence-electron chi connectivity index (χ0n) is 14.9. The Kier molecular flexibility index (Phi) is 6.88. The van der Waals surface area contributed by atoms with Crippen LogP contribution in [0.1, 0.15) is 64.2 Å². The third-order valence-corrected chi connectivity index (χ3v) is 6.57. The average Bonchev–Trinajstić information content (AvgIpc) is 2.65. The molecule has 0 radical (unpaired) electrons. The number of pyridine rings is 1. The van der Waals surface area contributed by atoms with Crippen molar-refractivity contribution in [3.05, 3.63) is 22.9 Å². The van der Waals surface area contributed by atoms with Crippen LogP contribution in [0.25, 0.3) is 0 Å². The Balaban J connectivity index is 1.71. The van der Waals surface area contributed by atoms with Gasteiger partial charge in [-0.2, -0.15) is 0 Å². The zero-order valence-corrected chi connectivity index (χ0v) is 16.5. The molecule has 1 aromatic rings. The number of carbonyl (C=O) groups is 1. The Morgan fingerprint density at radius 3 is 2.08 bits per heavy atom. The summed E-state index contributed by atoms with van der Waals surface area (Å²) in [5, 5.41) is 2.98. The number of rotatable bonds is 5. The van der Waals surface area contributed by atoms with Gasteiger partial charge in [0.25, 0.3) is 0 Å². The van der Waals surface area contributed by atoms with Crippen molar-refractivity contribution in [2.24, 2.45) is 23.5 Å². The topological polar surface area (TPSA) is 68.0 Å². The predicted octanol–water partition coefficient (Wildman–Crippen LogP) is 4.89. The van der Waals surface area contributed by atoms with Crippen molar-refractivity contribution >= 4 is 27.5 Å². The lowest BCUT2D eigenvalue weighted by molar-refractivity contribution is -0.120. The van der Waals surface area contributed by atoms with Gasteiger partial charge in [0.05, 0.1) is 17.9 Å². The van der Waals surface area contributed by atoms with Gasteiger partial charge in [0, 0.05) is 0 Å². The molecule has 0 spiro atoms. The molecule has 2 aliphatic carbocycles. The monoisotopic (exact) mass is 407 g/mol. The minimum absolute atomic E-state index is 0.0507. The second kappa shape index (κ2) is 9.13. The Bertz CT molecular complexity index is 533. The Morgan fingerprint density at radius 1 is 1.04 bits per heavy atom. The van der Waals surface area contributed by atoms with Crippen LogP contribution in [0, 0.1) is 17.8 Å². The standard InChI is InChI=1S/C20H30BrN3O/c21-17-12-11-16(13-23-17)24-20(25)19(22)18(14-7-3-1-4-8-14)15-9-5-2-6-10-15/h11-15,18-19H,1-10,22H2,(H,24,25)/t19-/m0/s1. The minimum atomic E-state index is -0.421. The first kappa shape index (κ1) is 18.8. The molecule has 0 aliphatic heterocycles. The van der Waals surface area contributed by atoms with Crippen LogP contribution in [0.15, 0.2) is 22.9 Å². The summed E-state index contributed by atoms with van der Waals surface area (Å²) < 4.78 is 0.761. The van der Waals surface area contributed by atoms with E-state index < -0.39 is 6.04 Å². The SMILES string of the molecule is N[C@H](C(=O)Nc1ccc(Br)nc1)C(C1CCCCC1)C1CCCCC1. The van der Waals surface area contributed by atoms with E-state index >= 15 is 0 Å². The van der Waals surface area contributed by atoms with E-state index in [1.54, 1.807) is 6.20 Å². The summed E-state index contributed by atoms with van der Waals surface area (Å²) in [7, 11) is 0. The molecule has 1 atom stereocenters. The van der Waals surface area contributed by atoms with Crippen LogP contribution in [0.3, 0.4) is 0 Å². The summed E-state index contributed by atoms with van der Waals surface area (Å²) in [6, 6.07) is 3.27. The van der Waals surface area contributed by atoms with Crippen molar-refractivity contribution in [1.82, 2.24) is 4.98 Å². The van der Waals surface area contributed by atoms with Crippen LogP contribution in [-0.2, 0) is 4.79 Å². The molecule has 0 aromatic carbocycles. The highest BCUT2D eigenvalue weighted by atomic mass is 79.9. The van der Waals surface area contributed by atoms with Crippen molar-refractivity contribution in [3.63, 3.8) is 0 Å². The molecule has 1 aromatic heterocycles. The van der Waals surface area contributed by atoms with Crippen molar-refractivity contribution in [2.45, 2.75) is 70.3 Å². The van der Waals surface area contributed by atoms with Crippen LogP contribution in [0.2, 0.25) is 0 Å². The Morgan fingerprint density at radius 2 is 1.60 bits per heavy atom. The molecule has 0 unspecified atom stereocenters. The number of anilines is 1. The molecule has 3 rings (SSSR count). The average molecular weight is 408 g/mol. The van der Waals surface area contributed by atoms with E-state index in [0.29, 0.717) is 17.8 Å². The largest absolute Gasteiger partial charge is 0.323 e. The number of nitrogens with two attached hydrogens (primary N) is 1. The normalized spacial score (nSPS) is 21.2. The molecular formula is C20H30BrN3O. The highest BCUT2D eigenvalue weighted by molar-refractivity contribution is 9.10. The molecule has 2 fully saturated rings. The van der Waals surface area contributed by atoms with Crippen molar-refractivity contribution < 1.29 is 4.79 Å². The van der Waals surface area contributed by atoms with E-state index in [2.05, 4.69) is 26.2 Å². The third kappa shape index (κ3) is 5.04. The highest BCUT2D eigenvalue weighted by Gasteiger charge is 2.38. The van der Waals surface area contributed by atoms with E-state index in [1.165, 1.54) is 64.2 Å². The number of nitrogens with one attached hydrogen (secondary N) is 1. The number of nitrogens with zero attached hydrogens (tertiary/aromatic N) is 1. The molecular weight excluding hydrogens is 378 g/mol. The molecule has 25 heavy (non-hydrogen) atoms. The fourth-order valence-electron chi connectivity index (χ4n) is 4.86. The van der Waals surface area contributed by atoms with Crippen LogP contribution < -0.4 is 11.1 Å². The van der Waals surface area contributed by atoms with Gasteiger partial charge in [0.2, 0.25) is 5.91 Å². The van der Waals surface area contributed by atoms with Gasteiger partial charge < -0.3 is 11.1 Å². The summed E-state index contributed by atoms with van der Waals surface area (Å²) >= 11 is 3.32. The van der Waals surface area contributed by atoms with E-state index in [9.17, 15) is 4.79 Å². The van der Waals surface area contributed by atoms with Gasteiger partial charge in [0.1, 0.15) is 4.60 Å². The number of amides is 1. The maximum Gasteiger partial charge on any atom is 0.241 e. The molecule has 138 valence electrons. The number of hydrogen-bond donors (Lipinski definition) is 2. The highest BCUT2D eigenvalue weighted by Crippen LogP contribution is 2.41. The smallest absolute Gasteiger partial charge is 0.241 e. The molecule has 5 heteroatoms. The Hall–Kier alpha value is -0.940. The molecule has 0 saturated heterocycles. The van der Waals surface area contributed by atoms with Crippen LogP contribution in [0.5, 0.6) is 0 Å². The summed E-state index contributed by atoms with van der Waals surface area (Å²) in [6.45, 7) is 0. The first-order valence-electron chi connectivity index (χ1n) is 9.83. The van der Waals surface area contributed by atoms with Crippen LogP contribution in [-0.4, -0.2) is 16.9 Å². The fraction of sp³-hybridized carbons (Fsp3) is 0.700. The van der Waals surface area contributed by atoms with Gasteiger partial charge in [-0.1, -0.05) is 64.2 Å².